The molecule has 0 aromatic heterocycles. The second-order valence-electron chi connectivity index (χ2n) is 1.98. The Bertz CT molecular complexity index is 363. The van der Waals surface area contributed by atoms with Gasteiger partial charge >= 0.3 is 5.71 Å². The summed E-state index contributed by atoms with van der Waals surface area (Å²) < 4.78 is 19.0. The summed E-state index contributed by atoms with van der Waals surface area (Å²) >= 11 is -2.16. The molecule has 1 atom stereocenters. The van der Waals surface area contributed by atoms with Crippen LogP contribution in [0.2, 0.25) is 0 Å². The van der Waals surface area contributed by atoms with Gasteiger partial charge in [0.05, 0.1) is 11.0 Å². The van der Waals surface area contributed by atoms with Crippen molar-refractivity contribution in [2.24, 2.45) is 0 Å². The van der Waals surface area contributed by atoms with Crippen molar-refractivity contribution in [2.45, 2.75) is 0 Å². The van der Waals surface area contributed by atoms with Crippen molar-refractivity contribution in [3.8, 4) is 0 Å². The smallest absolute Gasteiger partial charge is 0.361 e. The maximum absolute atomic E-state index is 10.8. The molecule has 0 fully saturated rings. The van der Waals surface area contributed by atoms with Gasteiger partial charge in [-0.05, 0) is 12.2 Å². The lowest BCUT2D eigenvalue weighted by molar-refractivity contribution is -0.112. The summed E-state index contributed by atoms with van der Waals surface area (Å²) in [7, 11) is 0. The second kappa shape index (κ2) is 3.36. The first-order valence-corrected chi connectivity index (χ1v) is 4.03. The lowest BCUT2D eigenvalue weighted by atomic mass is 10.1. The van der Waals surface area contributed by atoms with Crippen LogP contribution in [0.25, 0.3) is 5.53 Å². The van der Waals surface area contributed by atoms with Crippen molar-refractivity contribution in [1.82, 2.24) is 0 Å². The molecule has 5 nitrogen and oxygen atoms in total. The highest BCUT2D eigenvalue weighted by Gasteiger charge is 2.20. The molecule has 0 saturated heterocycles. The van der Waals surface area contributed by atoms with Crippen molar-refractivity contribution in [3.05, 3.63) is 28.7 Å². The van der Waals surface area contributed by atoms with Crippen molar-refractivity contribution < 1.29 is 18.3 Å². The van der Waals surface area contributed by atoms with Crippen molar-refractivity contribution in [1.29, 1.82) is 0 Å². The first kappa shape index (κ1) is 8.73. The number of rotatable bonds is 1. The Labute approximate surface area is 70.3 Å². The highest BCUT2D eigenvalue weighted by Crippen LogP contribution is 2.07. The number of hydrogen-bond acceptors (Lipinski definition) is 2. The minimum absolute atomic E-state index is 0.0300. The lowest BCUT2D eigenvalue weighted by Gasteiger charge is -1.96. The van der Waals surface area contributed by atoms with Gasteiger partial charge in [-0.2, -0.15) is 4.79 Å². The molecule has 12 heavy (non-hydrogen) atoms. The molecule has 62 valence electrons. The van der Waals surface area contributed by atoms with Gasteiger partial charge in [0, 0.05) is 0 Å². The van der Waals surface area contributed by atoms with E-state index < -0.39 is 16.9 Å². The first-order valence-electron chi connectivity index (χ1n) is 2.92. The van der Waals surface area contributed by atoms with Crippen LogP contribution >= 0.6 is 0 Å². The highest BCUT2D eigenvalue weighted by atomic mass is 32.2. The average Bonchev–Trinajstić information content (AvgIpc) is 2.05. The summed E-state index contributed by atoms with van der Waals surface area (Å²) in [6, 6.07) is 0. The minimum Gasteiger partial charge on any atom is -0.361 e. The molecule has 0 radical (unpaired) electrons. The van der Waals surface area contributed by atoms with E-state index in [0.717, 1.165) is 12.2 Å². The fraction of sp³-hybridized carbons (Fsp3) is 0. The molecule has 0 aromatic rings. The fourth-order valence-corrected chi connectivity index (χ4v) is 1.08. The van der Waals surface area contributed by atoms with E-state index in [4.69, 9.17) is 10.1 Å². The zero-order chi connectivity index (χ0) is 9.14. The molecule has 1 unspecified atom stereocenters. The van der Waals surface area contributed by atoms with Crippen LogP contribution in [0.1, 0.15) is 0 Å². The number of carbonyl (C=O) groups is 1. The number of allylic oxidation sites excluding steroid dienone is 3. The number of nitrogens with zero attached hydrogens (tertiary/aromatic N) is 2. The first-order chi connectivity index (χ1) is 5.65. The standard InChI is InChI=1S/C6H4N2O3S/c7-8-5-3-4(12(10)11)1-2-6(5)9/h1-3H,(H,10,11). The lowest BCUT2D eigenvalue weighted by Crippen LogP contribution is -2.14. The molecule has 0 bridgehead atoms. The number of carbonyl (C=O) groups excluding carboxylic acids is 1. The quantitative estimate of drug-likeness (QED) is 0.267. The van der Waals surface area contributed by atoms with Crippen LogP contribution < -0.4 is 0 Å². The summed E-state index contributed by atoms with van der Waals surface area (Å²) in [5.74, 6) is -0.494. The predicted octanol–water partition coefficient (Wildman–Crippen LogP) is -0.0983. The fourth-order valence-electron chi connectivity index (χ4n) is 0.684. The Morgan fingerprint density at radius 1 is 1.50 bits per heavy atom. The minimum atomic E-state index is -2.16. The van der Waals surface area contributed by atoms with Gasteiger partial charge in [-0.25, -0.2) is 4.21 Å². The molecule has 0 aromatic carbocycles. The summed E-state index contributed by atoms with van der Waals surface area (Å²) in [6.45, 7) is 0. The molecule has 1 N–H and O–H groups in total. The molecule has 1 rings (SSSR count). The zero-order valence-electron chi connectivity index (χ0n) is 5.80. The Hall–Kier alpha value is -1.36. The van der Waals surface area contributed by atoms with Crippen LogP contribution in [-0.2, 0) is 15.9 Å². The molecule has 6 heteroatoms. The number of ketones is 1. The molecule has 0 amide bonds. The van der Waals surface area contributed by atoms with E-state index in [-0.39, 0.29) is 10.6 Å². The maximum atomic E-state index is 10.8. The van der Waals surface area contributed by atoms with Gasteiger partial charge in [-0.3, -0.25) is 4.79 Å². The van der Waals surface area contributed by atoms with Crippen molar-refractivity contribution >= 4 is 22.6 Å². The Kier molecular flexibility index (Phi) is 2.44. The van der Waals surface area contributed by atoms with Crippen LogP contribution in [0.15, 0.2) is 23.1 Å². The molecule has 0 spiro atoms. The van der Waals surface area contributed by atoms with Gasteiger partial charge in [0.1, 0.15) is 0 Å². The summed E-state index contributed by atoms with van der Waals surface area (Å²) in [5.41, 5.74) is 8.03. The predicted molar refractivity (Wildman–Crippen MR) is 41.6 cm³/mol. The van der Waals surface area contributed by atoms with E-state index in [1.165, 1.54) is 6.08 Å². The third-order valence-electron chi connectivity index (χ3n) is 1.24. The van der Waals surface area contributed by atoms with Crippen LogP contribution in [0, 0.1) is 0 Å². The Balaban J connectivity index is 3.13. The average molecular weight is 184 g/mol. The molecule has 1 aliphatic carbocycles. The Morgan fingerprint density at radius 3 is 2.67 bits per heavy atom. The van der Waals surface area contributed by atoms with E-state index >= 15 is 0 Å². The summed E-state index contributed by atoms with van der Waals surface area (Å²) in [4.78, 5) is 13.5. The number of hydrogen-bond donors (Lipinski definition) is 1. The van der Waals surface area contributed by atoms with Gasteiger partial charge in [-0.1, -0.05) is 0 Å². The molecule has 0 aliphatic heterocycles. The topological polar surface area (TPSA) is 90.8 Å². The van der Waals surface area contributed by atoms with E-state index in [1.54, 1.807) is 0 Å². The molecular formula is C6H4N2O3S. The third kappa shape index (κ3) is 1.62. The zero-order valence-corrected chi connectivity index (χ0v) is 6.61. The molecule has 1 aliphatic rings. The summed E-state index contributed by atoms with van der Waals surface area (Å²) in [6.07, 6.45) is 3.32. The van der Waals surface area contributed by atoms with Gasteiger partial charge in [0.15, 0.2) is 11.1 Å². The second-order valence-corrected chi connectivity index (χ2v) is 2.95. The van der Waals surface area contributed by atoms with E-state index in [1.807, 2.05) is 0 Å². The summed E-state index contributed by atoms with van der Waals surface area (Å²) in [5, 5.41) is 0. The molecule has 0 heterocycles. The van der Waals surface area contributed by atoms with Crippen molar-refractivity contribution in [3.63, 3.8) is 0 Å². The van der Waals surface area contributed by atoms with Gasteiger partial charge in [0.25, 0.3) is 5.78 Å². The highest BCUT2D eigenvalue weighted by molar-refractivity contribution is 7.83. The monoisotopic (exact) mass is 184 g/mol. The van der Waals surface area contributed by atoms with Crippen LogP contribution in [0.5, 0.6) is 0 Å². The van der Waals surface area contributed by atoms with Gasteiger partial charge in [0.2, 0.25) is 0 Å². The van der Waals surface area contributed by atoms with Crippen LogP contribution in [-0.4, -0.2) is 25.0 Å². The molecular weight excluding hydrogens is 180 g/mol. The van der Waals surface area contributed by atoms with Gasteiger partial charge in [-0.15, -0.1) is 0 Å². The van der Waals surface area contributed by atoms with Gasteiger partial charge < -0.3 is 10.1 Å². The SMILES string of the molecule is [N-]=[N+]=C1C=C(S(=O)O)C=CC1=O. The van der Waals surface area contributed by atoms with Crippen molar-refractivity contribution in [2.75, 3.05) is 0 Å². The van der Waals surface area contributed by atoms with Crippen LogP contribution in [0.4, 0.5) is 0 Å². The van der Waals surface area contributed by atoms with E-state index in [0.29, 0.717) is 0 Å². The third-order valence-corrected chi connectivity index (χ3v) is 1.90. The largest absolute Gasteiger partial charge is 0.363 e. The molecule has 0 saturated carbocycles. The van der Waals surface area contributed by atoms with E-state index in [9.17, 15) is 9.00 Å². The maximum Gasteiger partial charge on any atom is 0.363 e. The van der Waals surface area contributed by atoms with E-state index in [2.05, 4.69) is 4.79 Å². The van der Waals surface area contributed by atoms with Crippen LogP contribution in [0.3, 0.4) is 0 Å². The normalized spacial score (nSPS) is 18.6. The Morgan fingerprint density at radius 2 is 2.17 bits per heavy atom.